The van der Waals surface area contributed by atoms with Crippen LogP contribution in [0.2, 0.25) is 0 Å². The predicted molar refractivity (Wildman–Crippen MR) is 99.0 cm³/mol. The number of aromatic nitrogens is 3. The van der Waals surface area contributed by atoms with Crippen LogP contribution in [0, 0.1) is 0 Å². The molecule has 1 aliphatic carbocycles. The minimum absolute atomic E-state index is 0.0758. The van der Waals surface area contributed by atoms with Crippen LogP contribution in [0.15, 0.2) is 41.3 Å². The Morgan fingerprint density at radius 2 is 2.15 bits per heavy atom. The number of carbonyl (C=O) groups is 1. The summed E-state index contributed by atoms with van der Waals surface area (Å²) in [5, 5.41) is 2.96. The first-order valence-corrected chi connectivity index (χ1v) is 9.44. The molecule has 1 saturated carbocycles. The van der Waals surface area contributed by atoms with Gasteiger partial charge < -0.3 is 14.3 Å². The first kappa shape index (κ1) is 16.8. The van der Waals surface area contributed by atoms with Crippen molar-refractivity contribution in [1.82, 2.24) is 19.9 Å². The number of oxazole rings is 1. The average Bonchev–Trinajstić information content (AvgIpc) is 3.34. The molecule has 1 N–H and O–H groups in total. The molecule has 26 heavy (non-hydrogen) atoms. The lowest BCUT2D eigenvalue weighted by Crippen LogP contribution is -2.25. The maximum Gasteiger partial charge on any atom is 0.251 e. The van der Waals surface area contributed by atoms with Gasteiger partial charge in [-0.2, -0.15) is 0 Å². The van der Waals surface area contributed by atoms with E-state index in [2.05, 4.69) is 15.3 Å². The summed E-state index contributed by atoms with van der Waals surface area (Å²) in [6.07, 6.45) is 12.4. The molecule has 0 aliphatic heterocycles. The molecule has 3 aromatic rings. The van der Waals surface area contributed by atoms with E-state index >= 15 is 0 Å². The van der Waals surface area contributed by atoms with Gasteiger partial charge in [0.2, 0.25) is 0 Å². The van der Waals surface area contributed by atoms with Crippen LogP contribution in [-0.2, 0) is 6.54 Å². The zero-order chi connectivity index (χ0) is 17.8. The molecule has 0 saturated heterocycles. The number of amides is 1. The summed E-state index contributed by atoms with van der Waals surface area (Å²) in [4.78, 5) is 21.0. The van der Waals surface area contributed by atoms with E-state index in [4.69, 9.17) is 4.42 Å². The lowest BCUT2D eigenvalue weighted by Gasteiger charge is -2.17. The summed E-state index contributed by atoms with van der Waals surface area (Å²) in [7, 11) is 0. The standard InChI is InChI=1S/C20H24N4O2/c25-19(22-9-4-11-24-12-10-21-14-24)16-7-8-17-18(13-16)26-20(23-17)15-5-2-1-3-6-15/h7-8,10,12-15H,1-6,9,11H2,(H,22,25). The highest BCUT2D eigenvalue weighted by molar-refractivity contribution is 5.97. The van der Waals surface area contributed by atoms with Gasteiger partial charge in [-0.05, 0) is 37.5 Å². The van der Waals surface area contributed by atoms with Gasteiger partial charge in [-0.25, -0.2) is 9.97 Å². The van der Waals surface area contributed by atoms with Gasteiger partial charge in [-0.3, -0.25) is 4.79 Å². The zero-order valence-corrected chi connectivity index (χ0v) is 14.9. The smallest absolute Gasteiger partial charge is 0.251 e. The van der Waals surface area contributed by atoms with Crippen molar-refractivity contribution in [3.05, 3.63) is 48.4 Å². The Kier molecular flexibility index (Phi) is 5.00. The molecule has 1 fully saturated rings. The molecule has 1 aliphatic rings. The largest absolute Gasteiger partial charge is 0.440 e. The molecule has 6 heteroatoms. The number of nitrogens with zero attached hydrogens (tertiary/aromatic N) is 3. The summed E-state index contributed by atoms with van der Waals surface area (Å²) in [5.41, 5.74) is 2.16. The van der Waals surface area contributed by atoms with E-state index in [1.54, 1.807) is 18.6 Å². The van der Waals surface area contributed by atoms with Crippen LogP contribution in [0.4, 0.5) is 0 Å². The Morgan fingerprint density at radius 3 is 2.96 bits per heavy atom. The predicted octanol–water partition coefficient (Wildman–Crippen LogP) is 3.89. The maximum absolute atomic E-state index is 12.4. The monoisotopic (exact) mass is 352 g/mol. The van der Waals surface area contributed by atoms with Gasteiger partial charge in [0.25, 0.3) is 5.91 Å². The fourth-order valence-electron chi connectivity index (χ4n) is 3.59. The molecule has 4 rings (SSSR count). The molecule has 1 aromatic carbocycles. The van der Waals surface area contributed by atoms with Crippen LogP contribution in [0.3, 0.4) is 0 Å². The van der Waals surface area contributed by atoms with Crippen molar-refractivity contribution in [3.63, 3.8) is 0 Å². The van der Waals surface area contributed by atoms with Crippen molar-refractivity contribution in [2.75, 3.05) is 6.54 Å². The van der Waals surface area contributed by atoms with Gasteiger partial charge in [0.15, 0.2) is 11.5 Å². The van der Waals surface area contributed by atoms with Crippen LogP contribution >= 0.6 is 0 Å². The van der Waals surface area contributed by atoms with Gasteiger partial charge in [-0.15, -0.1) is 0 Å². The number of imidazole rings is 1. The molecule has 136 valence electrons. The van der Waals surface area contributed by atoms with E-state index in [0.29, 0.717) is 23.6 Å². The van der Waals surface area contributed by atoms with Crippen molar-refractivity contribution >= 4 is 17.0 Å². The maximum atomic E-state index is 12.4. The van der Waals surface area contributed by atoms with E-state index < -0.39 is 0 Å². The highest BCUT2D eigenvalue weighted by Crippen LogP contribution is 2.33. The van der Waals surface area contributed by atoms with Crippen molar-refractivity contribution in [1.29, 1.82) is 0 Å². The van der Waals surface area contributed by atoms with E-state index in [9.17, 15) is 4.79 Å². The Labute approximate surface area is 152 Å². The first-order valence-electron chi connectivity index (χ1n) is 9.44. The number of hydrogen-bond acceptors (Lipinski definition) is 4. The topological polar surface area (TPSA) is 73.0 Å². The van der Waals surface area contributed by atoms with Crippen LogP contribution in [0.1, 0.15) is 60.7 Å². The Morgan fingerprint density at radius 1 is 1.27 bits per heavy atom. The second-order valence-corrected chi connectivity index (χ2v) is 6.98. The number of benzene rings is 1. The Bertz CT molecular complexity index is 863. The third-order valence-electron chi connectivity index (χ3n) is 5.06. The Balaban J connectivity index is 1.37. The molecule has 0 spiro atoms. The van der Waals surface area contributed by atoms with E-state index in [1.165, 1.54) is 19.3 Å². The second kappa shape index (κ2) is 7.72. The molecule has 1 amide bonds. The van der Waals surface area contributed by atoms with Crippen molar-refractivity contribution in [2.24, 2.45) is 0 Å². The van der Waals surface area contributed by atoms with Crippen LogP contribution in [-0.4, -0.2) is 27.0 Å². The summed E-state index contributed by atoms with van der Waals surface area (Å²) in [5.74, 6) is 1.18. The third-order valence-corrected chi connectivity index (χ3v) is 5.06. The molecule has 6 nitrogen and oxygen atoms in total. The zero-order valence-electron chi connectivity index (χ0n) is 14.9. The third kappa shape index (κ3) is 3.79. The number of fused-ring (bicyclic) bond motifs is 1. The van der Waals surface area contributed by atoms with E-state index in [-0.39, 0.29) is 5.91 Å². The summed E-state index contributed by atoms with van der Waals surface area (Å²) < 4.78 is 7.97. The van der Waals surface area contributed by atoms with Crippen molar-refractivity contribution in [2.45, 2.75) is 51.0 Å². The lowest BCUT2D eigenvalue weighted by molar-refractivity contribution is 0.0952. The normalized spacial score (nSPS) is 15.4. The second-order valence-electron chi connectivity index (χ2n) is 6.98. The molecule has 0 atom stereocenters. The number of aryl methyl sites for hydroxylation is 1. The summed E-state index contributed by atoms with van der Waals surface area (Å²) in [6.45, 7) is 1.46. The van der Waals surface area contributed by atoms with E-state index in [0.717, 1.165) is 37.2 Å². The van der Waals surface area contributed by atoms with Gasteiger partial charge in [0.1, 0.15) is 5.52 Å². The number of carbonyl (C=O) groups excluding carboxylic acids is 1. The number of nitrogens with one attached hydrogen (secondary N) is 1. The SMILES string of the molecule is O=C(NCCCn1ccnc1)c1ccc2nc(C3CCCCC3)oc2c1. The highest BCUT2D eigenvalue weighted by Gasteiger charge is 2.21. The van der Waals surface area contributed by atoms with Crippen molar-refractivity contribution < 1.29 is 9.21 Å². The minimum Gasteiger partial charge on any atom is -0.440 e. The molecular weight excluding hydrogens is 328 g/mol. The fraction of sp³-hybridized carbons (Fsp3) is 0.450. The van der Waals surface area contributed by atoms with Gasteiger partial charge in [0, 0.05) is 37.0 Å². The molecule has 2 heterocycles. The minimum atomic E-state index is -0.0758. The van der Waals surface area contributed by atoms with Gasteiger partial charge >= 0.3 is 0 Å². The molecule has 0 bridgehead atoms. The summed E-state index contributed by atoms with van der Waals surface area (Å²) >= 11 is 0. The quantitative estimate of drug-likeness (QED) is 0.683. The van der Waals surface area contributed by atoms with Gasteiger partial charge in [0.05, 0.1) is 6.33 Å². The van der Waals surface area contributed by atoms with Crippen LogP contribution < -0.4 is 5.32 Å². The molecular formula is C20H24N4O2. The lowest BCUT2D eigenvalue weighted by atomic mass is 9.89. The fourth-order valence-corrected chi connectivity index (χ4v) is 3.59. The average molecular weight is 352 g/mol. The molecule has 0 radical (unpaired) electrons. The highest BCUT2D eigenvalue weighted by atomic mass is 16.3. The number of rotatable bonds is 6. The van der Waals surface area contributed by atoms with Crippen LogP contribution in [0.25, 0.3) is 11.1 Å². The summed E-state index contributed by atoms with van der Waals surface area (Å²) in [6, 6.07) is 5.51. The van der Waals surface area contributed by atoms with E-state index in [1.807, 2.05) is 22.9 Å². The molecule has 2 aromatic heterocycles. The van der Waals surface area contributed by atoms with Gasteiger partial charge in [-0.1, -0.05) is 19.3 Å². The number of hydrogen-bond donors (Lipinski definition) is 1. The van der Waals surface area contributed by atoms with Crippen molar-refractivity contribution in [3.8, 4) is 0 Å². The Hall–Kier alpha value is -2.63. The first-order chi connectivity index (χ1) is 12.8. The van der Waals surface area contributed by atoms with Crippen LogP contribution in [0.5, 0.6) is 0 Å². The molecule has 0 unspecified atom stereocenters.